The lowest BCUT2D eigenvalue weighted by atomic mass is 10.1. The standard InChI is InChI=1S/C22H21N5O3/c1-30-17-10-7-15(8-11-17)9-12-20(28)23-14-19-25-21-18(22(29)26-19)13-24-27(21)16-5-3-2-4-6-16/h2-8,10-11,13H,9,12,14H2,1H3,(H,23,28)(H,25,26,29). The van der Waals surface area contributed by atoms with E-state index in [1.54, 1.807) is 11.8 Å². The number of rotatable bonds is 7. The average molecular weight is 403 g/mol. The van der Waals surface area contributed by atoms with Crippen LogP contribution in [0.5, 0.6) is 5.75 Å². The molecule has 0 atom stereocenters. The van der Waals surface area contributed by atoms with Crippen molar-refractivity contribution in [3.63, 3.8) is 0 Å². The first-order valence-corrected chi connectivity index (χ1v) is 9.56. The summed E-state index contributed by atoms with van der Waals surface area (Å²) in [7, 11) is 1.62. The van der Waals surface area contributed by atoms with Gasteiger partial charge in [-0.3, -0.25) is 9.59 Å². The second-order valence-corrected chi connectivity index (χ2v) is 6.77. The number of aromatic nitrogens is 4. The number of ether oxygens (including phenoxy) is 1. The minimum absolute atomic E-state index is 0.120. The number of benzene rings is 2. The molecular formula is C22H21N5O3. The SMILES string of the molecule is COc1ccc(CCC(=O)NCc2nc3c(cnn3-c3ccccc3)c(=O)[nH]2)cc1. The Balaban J connectivity index is 1.43. The van der Waals surface area contributed by atoms with Gasteiger partial charge < -0.3 is 15.0 Å². The fourth-order valence-electron chi connectivity index (χ4n) is 3.13. The Bertz CT molecular complexity index is 1210. The van der Waals surface area contributed by atoms with Crippen molar-refractivity contribution in [2.75, 3.05) is 7.11 Å². The summed E-state index contributed by atoms with van der Waals surface area (Å²) in [5.74, 6) is 1.04. The van der Waals surface area contributed by atoms with E-state index in [2.05, 4.69) is 20.4 Å². The molecule has 0 aliphatic heterocycles. The zero-order valence-corrected chi connectivity index (χ0v) is 16.5. The number of H-pyrrole nitrogens is 1. The molecule has 4 rings (SSSR count). The van der Waals surface area contributed by atoms with E-state index in [-0.39, 0.29) is 18.0 Å². The zero-order valence-electron chi connectivity index (χ0n) is 16.5. The topological polar surface area (TPSA) is 102 Å². The van der Waals surface area contributed by atoms with Gasteiger partial charge in [-0.15, -0.1) is 0 Å². The molecular weight excluding hydrogens is 382 g/mol. The van der Waals surface area contributed by atoms with Crippen molar-refractivity contribution >= 4 is 16.9 Å². The van der Waals surface area contributed by atoms with Crippen molar-refractivity contribution in [1.82, 2.24) is 25.1 Å². The van der Waals surface area contributed by atoms with Crippen LogP contribution >= 0.6 is 0 Å². The van der Waals surface area contributed by atoms with Crippen LogP contribution in [0, 0.1) is 0 Å². The number of nitrogens with one attached hydrogen (secondary N) is 2. The van der Waals surface area contributed by atoms with Gasteiger partial charge in [0.25, 0.3) is 5.56 Å². The second-order valence-electron chi connectivity index (χ2n) is 6.77. The Hall–Kier alpha value is -3.94. The van der Waals surface area contributed by atoms with Crippen LogP contribution in [0.1, 0.15) is 17.8 Å². The lowest BCUT2D eigenvalue weighted by Gasteiger charge is -2.07. The van der Waals surface area contributed by atoms with Crippen LogP contribution in [0.15, 0.2) is 65.6 Å². The number of amides is 1. The van der Waals surface area contributed by atoms with E-state index in [0.29, 0.717) is 29.7 Å². The highest BCUT2D eigenvalue weighted by atomic mass is 16.5. The maximum absolute atomic E-state index is 12.4. The number of carbonyl (C=O) groups excluding carboxylic acids is 1. The van der Waals surface area contributed by atoms with Gasteiger partial charge in [-0.2, -0.15) is 5.10 Å². The molecule has 0 spiro atoms. The molecule has 8 heteroatoms. The number of aryl methyl sites for hydroxylation is 1. The number of methoxy groups -OCH3 is 1. The van der Waals surface area contributed by atoms with Gasteiger partial charge >= 0.3 is 0 Å². The summed E-state index contributed by atoms with van der Waals surface area (Å²) in [5, 5.41) is 7.48. The normalized spacial score (nSPS) is 10.8. The van der Waals surface area contributed by atoms with Crippen LogP contribution in [0.3, 0.4) is 0 Å². The van der Waals surface area contributed by atoms with Gasteiger partial charge in [-0.25, -0.2) is 9.67 Å². The summed E-state index contributed by atoms with van der Waals surface area (Å²) in [4.78, 5) is 31.8. The summed E-state index contributed by atoms with van der Waals surface area (Å²) < 4.78 is 6.74. The number of nitrogens with zero attached hydrogens (tertiary/aromatic N) is 3. The number of fused-ring (bicyclic) bond motifs is 1. The van der Waals surface area contributed by atoms with Crippen LogP contribution in [0.4, 0.5) is 0 Å². The van der Waals surface area contributed by atoms with Crippen molar-refractivity contribution in [2.24, 2.45) is 0 Å². The van der Waals surface area contributed by atoms with Crippen LogP contribution in [0.25, 0.3) is 16.7 Å². The number of hydrogen-bond donors (Lipinski definition) is 2. The lowest BCUT2D eigenvalue weighted by Crippen LogP contribution is -2.26. The van der Waals surface area contributed by atoms with Gasteiger partial charge in [0.2, 0.25) is 5.91 Å². The molecule has 0 saturated carbocycles. The molecule has 0 radical (unpaired) electrons. The maximum Gasteiger partial charge on any atom is 0.262 e. The maximum atomic E-state index is 12.4. The Kier molecular flexibility index (Phi) is 5.56. The van der Waals surface area contributed by atoms with Gasteiger partial charge in [-0.05, 0) is 36.2 Å². The van der Waals surface area contributed by atoms with Crippen LogP contribution < -0.4 is 15.6 Å². The minimum Gasteiger partial charge on any atom is -0.497 e. The third-order valence-electron chi connectivity index (χ3n) is 4.74. The first kappa shape index (κ1) is 19.4. The lowest BCUT2D eigenvalue weighted by molar-refractivity contribution is -0.121. The molecule has 0 fully saturated rings. The fraction of sp³-hybridized carbons (Fsp3) is 0.182. The van der Waals surface area contributed by atoms with Crippen LogP contribution in [0.2, 0.25) is 0 Å². The second kappa shape index (κ2) is 8.60. The number of hydrogen-bond acceptors (Lipinski definition) is 5. The monoisotopic (exact) mass is 403 g/mol. The Morgan fingerprint density at radius 2 is 1.90 bits per heavy atom. The fourth-order valence-corrected chi connectivity index (χ4v) is 3.13. The van der Waals surface area contributed by atoms with Crippen molar-refractivity contribution in [3.8, 4) is 11.4 Å². The number of para-hydroxylation sites is 1. The molecule has 0 saturated heterocycles. The van der Waals surface area contributed by atoms with Crippen molar-refractivity contribution in [1.29, 1.82) is 0 Å². The minimum atomic E-state index is -0.287. The quantitative estimate of drug-likeness (QED) is 0.493. The summed E-state index contributed by atoms with van der Waals surface area (Å²) in [6.07, 6.45) is 2.44. The molecule has 2 heterocycles. The molecule has 152 valence electrons. The predicted octanol–water partition coefficient (Wildman–Crippen LogP) is 2.37. The van der Waals surface area contributed by atoms with Gasteiger partial charge in [0.05, 0.1) is 25.5 Å². The average Bonchev–Trinajstić information content (AvgIpc) is 3.22. The zero-order chi connectivity index (χ0) is 20.9. The highest BCUT2D eigenvalue weighted by Gasteiger charge is 2.12. The molecule has 2 aromatic carbocycles. The van der Waals surface area contributed by atoms with Crippen molar-refractivity contribution in [2.45, 2.75) is 19.4 Å². The van der Waals surface area contributed by atoms with Gasteiger partial charge in [0.15, 0.2) is 5.65 Å². The summed E-state index contributed by atoms with van der Waals surface area (Å²) >= 11 is 0. The van der Waals surface area contributed by atoms with Gasteiger partial charge in [0.1, 0.15) is 17.0 Å². The summed E-state index contributed by atoms with van der Waals surface area (Å²) in [6.45, 7) is 0.132. The van der Waals surface area contributed by atoms with E-state index >= 15 is 0 Å². The first-order chi connectivity index (χ1) is 14.6. The van der Waals surface area contributed by atoms with Crippen molar-refractivity contribution in [3.05, 3.63) is 82.5 Å². The van der Waals surface area contributed by atoms with Crippen molar-refractivity contribution < 1.29 is 9.53 Å². The summed E-state index contributed by atoms with van der Waals surface area (Å²) in [5.41, 5.74) is 2.02. The predicted molar refractivity (Wildman–Crippen MR) is 113 cm³/mol. The molecule has 4 aromatic rings. The molecule has 0 aliphatic rings. The molecule has 0 unspecified atom stereocenters. The highest BCUT2D eigenvalue weighted by molar-refractivity contribution is 5.77. The van der Waals surface area contributed by atoms with Crippen LogP contribution in [-0.2, 0) is 17.8 Å². The van der Waals surface area contributed by atoms with E-state index < -0.39 is 0 Å². The molecule has 2 aromatic heterocycles. The third-order valence-corrected chi connectivity index (χ3v) is 4.74. The van der Waals surface area contributed by atoms with Crippen LogP contribution in [-0.4, -0.2) is 32.8 Å². The third kappa shape index (κ3) is 4.22. The largest absolute Gasteiger partial charge is 0.497 e. The molecule has 0 bridgehead atoms. The Labute approximate surface area is 172 Å². The smallest absolute Gasteiger partial charge is 0.262 e. The molecule has 30 heavy (non-hydrogen) atoms. The van der Waals surface area contributed by atoms with Gasteiger partial charge in [-0.1, -0.05) is 30.3 Å². The Morgan fingerprint density at radius 3 is 2.63 bits per heavy atom. The van der Waals surface area contributed by atoms with Gasteiger partial charge in [0, 0.05) is 6.42 Å². The van der Waals surface area contributed by atoms with E-state index in [9.17, 15) is 9.59 Å². The highest BCUT2D eigenvalue weighted by Crippen LogP contribution is 2.14. The molecule has 1 amide bonds. The Morgan fingerprint density at radius 1 is 1.13 bits per heavy atom. The first-order valence-electron chi connectivity index (χ1n) is 9.56. The van der Waals surface area contributed by atoms with E-state index in [4.69, 9.17) is 4.74 Å². The molecule has 0 aliphatic carbocycles. The van der Waals surface area contributed by atoms with E-state index in [1.807, 2.05) is 54.6 Å². The number of carbonyl (C=O) groups is 1. The molecule has 2 N–H and O–H groups in total. The number of aromatic amines is 1. The summed E-state index contributed by atoms with van der Waals surface area (Å²) in [6, 6.07) is 17.1. The molecule has 8 nitrogen and oxygen atoms in total. The van der Waals surface area contributed by atoms with E-state index in [1.165, 1.54) is 6.20 Å². The van der Waals surface area contributed by atoms with E-state index in [0.717, 1.165) is 17.0 Å².